The number of nitrogens with zero attached hydrogens (tertiary/aromatic N) is 6. The van der Waals surface area contributed by atoms with Gasteiger partial charge in [0, 0.05) is 54.7 Å². The van der Waals surface area contributed by atoms with E-state index in [9.17, 15) is 9.59 Å². The number of hydrogen-bond donors (Lipinski definition) is 0. The summed E-state index contributed by atoms with van der Waals surface area (Å²) >= 11 is 12.3. The van der Waals surface area contributed by atoms with Crippen LogP contribution in [-0.2, 0) is 24.9 Å². The number of hydrogen-bond acceptors (Lipinski definition) is 5. The van der Waals surface area contributed by atoms with E-state index in [0.717, 1.165) is 50.8 Å². The molecule has 4 aromatic rings. The SMILES string of the molecule is Cc1c(C)n2c3c(=O)n(Cc4ccc(Cl)cc4Cl)c(=O)n(C)c3nc2n1CCN1CCOCC1. The number of imidazole rings is 2. The van der Waals surface area contributed by atoms with Crippen LogP contribution < -0.4 is 11.2 Å². The highest BCUT2D eigenvalue weighted by molar-refractivity contribution is 6.35. The molecule has 34 heavy (non-hydrogen) atoms. The molecule has 9 nitrogen and oxygen atoms in total. The molecule has 180 valence electrons. The van der Waals surface area contributed by atoms with Crippen LogP contribution >= 0.6 is 23.2 Å². The third-order valence-corrected chi connectivity index (χ3v) is 7.30. The maximum absolute atomic E-state index is 13.6. The number of fused-ring (bicyclic) bond motifs is 3. The molecular formula is C23H26Cl2N6O3. The lowest BCUT2D eigenvalue weighted by Gasteiger charge is -2.26. The molecule has 0 spiro atoms. The molecule has 0 saturated carbocycles. The largest absolute Gasteiger partial charge is 0.379 e. The first-order chi connectivity index (χ1) is 16.3. The second-order valence-corrected chi connectivity index (χ2v) is 9.51. The first kappa shape index (κ1) is 23.2. The Labute approximate surface area is 205 Å². The zero-order valence-electron chi connectivity index (χ0n) is 19.3. The van der Waals surface area contributed by atoms with Crippen LogP contribution in [0, 0.1) is 13.8 Å². The molecule has 0 amide bonds. The summed E-state index contributed by atoms with van der Waals surface area (Å²) in [4.78, 5) is 33.9. The number of aryl methyl sites for hydroxylation is 2. The van der Waals surface area contributed by atoms with Crippen molar-refractivity contribution in [2.45, 2.75) is 26.9 Å². The lowest BCUT2D eigenvalue weighted by atomic mass is 10.2. The van der Waals surface area contributed by atoms with E-state index >= 15 is 0 Å². The molecule has 5 rings (SSSR count). The second kappa shape index (κ2) is 8.88. The third-order valence-electron chi connectivity index (χ3n) is 6.72. The van der Waals surface area contributed by atoms with Crippen molar-refractivity contribution in [2.24, 2.45) is 7.05 Å². The zero-order chi connectivity index (χ0) is 24.1. The third kappa shape index (κ3) is 3.76. The van der Waals surface area contributed by atoms with Gasteiger partial charge in [-0.05, 0) is 31.5 Å². The van der Waals surface area contributed by atoms with Crippen molar-refractivity contribution in [3.8, 4) is 0 Å². The first-order valence-electron chi connectivity index (χ1n) is 11.2. The number of ether oxygens (including phenoxy) is 1. The van der Waals surface area contributed by atoms with Crippen LogP contribution in [0.25, 0.3) is 16.9 Å². The molecule has 1 saturated heterocycles. The molecule has 1 aliphatic heterocycles. The van der Waals surface area contributed by atoms with Crippen molar-refractivity contribution >= 4 is 40.1 Å². The maximum atomic E-state index is 13.6. The number of halogens is 2. The minimum absolute atomic E-state index is 0.0421. The van der Waals surface area contributed by atoms with Crippen molar-refractivity contribution in [1.82, 2.24) is 28.0 Å². The van der Waals surface area contributed by atoms with Gasteiger partial charge in [-0.1, -0.05) is 29.3 Å². The van der Waals surface area contributed by atoms with Gasteiger partial charge in [-0.15, -0.1) is 0 Å². The highest BCUT2D eigenvalue weighted by atomic mass is 35.5. The molecule has 0 bridgehead atoms. The van der Waals surface area contributed by atoms with Gasteiger partial charge in [-0.2, -0.15) is 4.98 Å². The number of aromatic nitrogens is 5. The van der Waals surface area contributed by atoms with Gasteiger partial charge in [0.1, 0.15) is 0 Å². The van der Waals surface area contributed by atoms with E-state index in [1.807, 2.05) is 18.2 Å². The van der Waals surface area contributed by atoms with Crippen LogP contribution in [0.3, 0.4) is 0 Å². The Morgan fingerprint density at radius 2 is 1.76 bits per heavy atom. The highest BCUT2D eigenvalue weighted by Crippen LogP contribution is 2.23. The fourth-order valence-electron chi connectivity index (χ4n) is 4.61. The molecule has 4 heterocycles. The van der Waals surface area contributed by atoms with Crippen LogP contribution in [-0.4, -0.2) is 60.8 Å². The predicted molar refractivity (Wildman–Crippen MR) is 132 cm³/mol. The van der Waals surface area contributed by atoms with Crippen LogP contribution in [0.5, 0.6) is 0 Å². The van der Waals surface area contributed by atoms with E-state index in [4.69, 9.17) is 32.9 Å². The van der Waals surface area contributed by atoms with Crippen molar-refractivity contribution in [1.29, 1.82) is 0 Å². The Hall–Kier alpha value is -2.59. The van der Waals surface area contributed by atoms with Gasteiger partial charge >= 0.3 is 5.69 Å². The molecule has 0 radical (unpaired) electrons. The molecule has 3 aromatic heterocycles. The summed E-state index contributed by atoms with van der Waals surface area (Å²) in [5.74, 6) is 0.660. The summed E-state index contributed by atoms with van der Waals surface area (Å²) in [7, 11) is 1.64. The Morgan fingerprint density at radius 1 is 1.03 bits per heavy atom. The molecule has 0 N–H and O–H groups in total. The molecule has 0 aliphatic carbocycles. The summed E-state index contributed by atoms with van der Waals surface area (Å²) in [6, 6.07) is 5.02. The van der Waals surface area contributed by atoms with Crippen molar-refractivity contribution < 1.29 is 4.74 Å². The van der Waals surface area contributed by atoms with E-state index in [-0.39, 0.29) is 6.54 Å². The Balaban J connectivity index is 1.64. The normalized spacial score (nSPS) is 15.1. The fraction of sp³-hybridized carbons (Fsp3) is 0.435. The summed E-state index contributed by atoms with van der Waals surface area (Å²) in [5.41, 5.74) is 2.51. The second-order valence-electron chi connectivity index (χ2n) is 8.66. The van der Waals surface area contributed by atoms with Gasteiger partial charge < -0.3 is 9.30 Å². The average molecular weight is 505 g/mol. The zero-order valence-corrected chi connectivity index (χ0v) is 20.9. The van der Waals surface area contributed by atoms with E-state index in [1.54, 1.807) is 25.2 Å². The Bertz CT molecular complexity index is 1520. The average Bonchev–Trinajstić information content (AvgIpc) is 3.32. The molecule has 1 fully saturated rings. The predicted octanol–water partition coefficient (Wildman–Crippen LogP) is 2.45. The molecule has 0 unspecified atom stereocenters. The lowest BCUT2D eigenvalue weighted by molar-refractivity contribution is 0.0364. The van der Waals surface area contributed by atoms with Crippen molar-refractivity contribution in [2.75, 3.05) is 32.8 Å². The van der Waals surface area contributed by atoms with Gasteiger partial charge in [-0.25, -0.2) is 4.79 Å². The number of morpholine rings is 1. The van der Waals surface area contributed by atoms with Crippen LogP contribution in [0.4, 0.5) is 0 Å². The highest BCUT2D eigenvalue weighted by Gasteiger charge is 2.23. The van der Waals surface area contributed by atoms with Crippen molar-refractivity contribution in [3.63, 3.8) is 0 Å². The van der Waals surface area contributed by atoms with Gasteiger partial charge in [0.2, 0.25) is 5.78 Å². The standard InChI is InChI=1S/C23H26Cl2N6O3/c1-14-15(2)31-19-20(26-22(31)29(14)7-6-28-8-10-34-11-9-28)27(3)23(33)30(21(19)32)13-16-4-5-17(24)12-18(16)25/h4-5,12H,6-11,13H2,1-3H3. The summed E-state index contributed by atoms with van der Waals surface area (Å²) in [5, 5.41) is 0.896. The van der Waals surface area contributed by atoms with Crippen LogP contribution in [0.1, 0.15) is 17.0 Å². The Morgan fingerprint density at radius 3 is 2.47 bits per heavy atom. The Kier molecular flexibility index (Phi) is 6.05. The van der Waals surface area contributed by atoms with E-state index in [1.165, 1.54) is 9.13 Å². The van der Waals surface area contributed by atoms with Crippen LogP contribution in [0.15, 0.2) is 27.8 Å². The van der Waals surface area contributed by atoms with Gasteiger partial charge in [0.25, 0.3) is 5.56 Å². The summed E-state index contributed by atoms with van der Waals surface area (Å²) in [6.45, 7) is 8.92. The molecular weight excluding hydrogens is 479 g/mol. The van der Waals surface area contributed by atoms with E-state index < -0.39 is 11.2 Å². The van der Waals surface area contributed by atoms with E-state index in [0.29, 0.717) is 32.6 Å². The molecule has 11 heteroatoms. The summed E-state index contributed by atoms with van der Waals surface area (Å²) in [6.07, 6.45) is 0. The van der Waals surface area contributed by atoms with E-state index in [2.05, 4.69) is 9.47 Å². The van der Waals surface area contributed by atoms with Gasteiger partial charge in [0.05, 0.1) is 19.8 Å². The minimum atomic E-state index is -0.446. The fourth-order valence-corrected chi connectivity index (χ4v) is 5.08. The molecule has 1 aromatic carbocycles. The topological polar surface area (TPSA) is 78.7 Å². The summed E-state index contributed by atoms with van der Waals surface area (Å²) < 4.78 is 12.1. The van der Waals surface area contributed by atoms with Gasteiger partial charge in [0.15, 0.2) is 11.2 Å². The van der Waals surface area contributed by atoms with Crippen LogP contribution in [0.2, 0.25) is 10.0 Å². The number of rotatable bonds is 5. The smallest absolute Gasteiger partial charge is 0.332 e. The van der Waals surface area contributed by atoms with Crippen molar-refractivity contribution in [3.05, 3.63) is 66.0 Å². The van der Waals surface area contributed by atoms with Gasteiger partial charge in [-0.3, -0.25) is 23.2 Å². The minimum Gasteiger partial charge on any atom is -0.379 e. The lowest BCUT2D eigenvalue weighted by Crippen LogP contribution is -2.39. The molecule has 0 atom stereocenters. The maximum Gasteiger partial charge on any atom is 0.332 e. The molecule has 1 aliphatic rings. The monoisotopic (exact) mass is 504 g/mol. The quantitative estimate of drug-likeness (QED) is 0.417. The number of benzene rings is 1. The first-order valence-corrected chi connectivity index (χ1v) is 11.9.